The standard InChI is InChI=1S/C17H25N3O/c1-6-13-10-14(20(7-2)19-13)17(18)16-12(4)8-11(3)9-15(16)21-5/h8-10,17H,6-7,18H2,1-5H3. The van der Waals surface area contributed by atoms with Gasteiger partial charge in [0.05, 0.1) is 24.5 Å². The number of ether oxygens (including phenoxy) is 1. The largest absolute Gasteiger partial charge is 0.496 e. The van der Waals surface area contributed by atoms with Crippen molar-refractivity contribution in [2.75, 3.05) is 7.11 Å². The molecule has 0 aliphatic rings. The lowest BCUT2D eigenvalue weighted by atomic mass is 9.96. The predicted octanol–water partition coefficient (Wildman–Crippen LogP) is 3.14. The van der Waals surface area contributed by atoms with Crippen LogP contribution in [0.3, 0.4) is 0 Å². The lowest BCUT2D eigenvalue weighted by Gasteiger charge is -2.20. The summed E-state index contributed by atoms with van der Waals surface area (Å²) in [6.45, 7) is 9.15. The fourth-order valence-electron chi connectivity index (χ4n) is 2.82. The van der Waals surface area contributed by atoms with Crippen LogP contribution in [-0.4, -0.2) is 16.9 Å². The number of nitrogens with zero attached hydrogens (tertiary/aromatic N) is 2. The number of nitrogens with two attached hydrogens (primary N) is 1. The van der Waals surface area contributed by atoms with Gasteiger partial charge in [-0.1, -0.05) is 13.0 Å². The van der Waals surface area contributed by atoms with Crippen LogP contribution < -0.4 is 10.5 Å². The van der Waals surface area contributed by atoms with Crippen LogP contribution in [0.5, 0.6) is 5.75 Å². The van der Waals surface area contributed by atoms with Crippen LogP contribution >= 0.6 is 0 Å². The number of hydrogen-bond acceptors (Lipinski definition) is 3. The third-order valence-electron chi connectivity index (χ3n) is 3.87. The summed E-state index contributed by atoms with van der Waals surface area (Å²) in [5.74, 6) is 0.849. The molecule has 0 aliphatic heterocycles. The molecule has 2 N–H and O–H groups in total. The number of benzene rings is 1. The molecule has 2 aromatic rings. The summed E-state index contributed by atoms with van der Waals surface area (Å²) >= 11 is 0. The molecule has 0 fully saturated rings. The fourth-order valence-corrected chi connectivity index (χ4v) is 2.82. The third-order valence-corrected chi connectivity index (χ3v) is 3.87. The lowest BCUT2D eigenvalue weighted by Crippen LogP contribution is -2.19. The summed E-state index contributed by atoms with van der Waals surface area (Å²) in [5.41, 5.74) is 12.0. The van der Waals surface area contributed by atoms with Crippen molar-refractivity contribution in [3.8, 4) is 5.75 Å². The van der Waals surface area contributed by atoms with Crippen molar-refractivity contribution in [2.45, 2.75) is 46.7 Å². The maximum atomic E-state index is 6.55. The van der Waals surface area contributed by atoms with Gasteiger partial charge in [0.1, 0.15) is 5.75 Å². The Hall–Kier alpha value is -1.81. The minimum absolute atomic E-state index is 0.228. The Bertz CT molecular complexity index is 631. The normalized spacial score (nSPS) is 12.5. The molecule has 0 amide bonds. The van der Waals surface area contributed by atoms with Crippen LogP contribution in [0.1, 0.15) is 48.0 Å². The minimum atomic E-state index is -0.228. The van der Waals surface area contributed by atoms with E-state index in [1.807, 2.05) is 10.7 Å². The van der Waals surface area contributed by atoms with E-state index in [1.54, 1.807) is 7.11 Å². The Labute approximate surface area is 126 Å². The van der Waals surface area contributed by atoms with Crippen molar-refractivity contribution in [3.05, 3.63) is 46.3 Å². The molecule has 1 aromatic heterocycles. The predicted molar refractivity (Wildman–Crippen MR) is 85.8 cm³/mol. The van der Waals surface area contributed by atoms with E-state index in [9.17, 15) is 0 Å². The molecule has 0 spiro atoms. The smallest absolute Gasteiger partial charge is 0.124 e. The molecule has 1 heterocycles. The van der Waals surface area contributed by atoms with E-state index >= 15 is 0 Å². The van der Waals surface area contributed by atoms with Gasteiger partial charge in [-0.05, 0) is 50.5 Å². The van der Waals surface area contributed by atoms with Gasteiger partial charge in [0.25, 0.3) is 0 Å². The molecule has 0 radical (unpaired) electrons. The second-order valence-corrected chi connectivity index (χ2v) is 5.41. The van der Waals surface area contributed by atoms with E-state index in [2.05, 4.69) is 44.9 Å². The van der Waals surface area contributed by atoms with Gasteiger partial charge in [-0.25, -0.2) is 0 Å². The zero-order valence-corrected chi connectivity index (χ0v) is 13.6. The van der Waals surface area contributed by atoms with Crippen LogP contribution in [0.2, 0.25) is 0 Å². The lowest BCUT2D eigenvalue weighted by molar-refractivity contribution is 0.406. The SMILES string of the molecule is CCc1cc(C(N)c2c(C)cc(C)cc2OC)n(CC)n1. The Balaban J connectivity index is 2.54. The highest BCUT2D eigenvalue weighted by Crippen LogP contribution is 2.32. The zero-order chi connectivity index (χ0) is 15.6. The Kier molecular flexibility index (Phi) is 4.68. The first-order valence-electron chi connectivity index (χ1n) is 7.49. The molecule has 0 saturated carbocycles. The van der Waals surface area contributed by atoms with Crippen LogP contribution in [0.4, 0.5) is 0 Å². The van der Waals surface area contributed by atoms with Gasteiger partial charge in [-0.3, -0.25) is 4.68 Å². The second-order valence-electron chi connectivity index (χ2n) is 5.41. The molecule has 0 aliphatic carbocycles. The van der Waals surface area contributed by atoms with Gasteiger partial charge in [-0.2, -0.15) is 5.10 Å². The maximum absolute atomic E-state index is 6.55. The molecule has 4 nitrogen and oxygen atoms in total. The van der Waals surface area contributed by atoms with Gasteiger partial charge in [0, 0.05) is 12.1 Å². The molecule has 4 heteroatoms. The molecule has 1 atom stereocenters. The molecular formula is C17H25N3O. The van der Waals surface area contributed by atoms with E-state index in [0.717, 1.165) is 41.2 Å². The van der Waals surface area contributed by atoms with E-state index in [-0.39, 0.29) is 6.04 Å². The summed E-state index contributed by atoms with van der Waals surface area (Å²) in [4.78, 5) is 0. The fraction of sp³-hybridized carbons (Fsp3) is 0.471. The minimum Gasteiger partial charge on any atom is -0.496 e. The summed E-state index contributed by atoms with van der Waals surface area (Å²) < 4.78 is 7.53. The molecule has 0 bridgehead atoms. The van der Waals surface area contributed by atoms with Crippen LogP contribution in [0, 0.1) is 13.8 Å². The van der Waals surface area contributed by atoms with Gasteiger partial charge < -0.3 is 10.5 Å². The maximum Gasteiger partial charge on any atom is 0.124 e. The summed E-state index contributed by atoms with van der Waals surface area (Å²) in [5, 5.41) is 4.59. The summed E-state index contributed by atoms with van der Waals surface area (Å²) in [7, 11) is 1.69. The number of aromatic nitrogens is 2. The highest BCUT2D eigenvalue weighted by Gasteiger charge is 2.21. The van der Waals surface area contributed by atoms with Crippen LogP contribution in [0.15, 0.2) is 18.2 Å². The Morgan fingerprint density at radius 2 is 1.95 bits per heavy atom. The molecule has 0 saturated heterocycles. The van der Waals surface area contributed by atoms with E-state index in [4.69, 9.17) is 10.5 Å². The highest BCUT2D eigenvalue weighted by molar-refractivity contribution is 5.47. The van der Waals surface area contributed by atoms with Gasteiger partial charge >= 0.3 is 0 Å². The topological polar surface area (TPSA) is 53.1 Å². The summed E-state index contributed by atoms with van der Waals surface area (Å²) in [6, 6.07) is 6.06. The van der Waals surface area contributed by atoms with Crippen LogP contribution in [-0.2, 0) is 13.0 Å². The van der Waals surface area contributed by atoms with Gasteiger partial charge in [-0.15, -0.1) is 0 Å². The van der Waals surface area contributed by atoms with Crippen molar-refractivity contribution in [2.24, 2.45) is 5.73 Å². The van der Waals surface area contributed by atoms with Gasteiger partial charge in [0.2, 0.25) is 0 Å². The number of hydrogen-bond donors (Lipinski definition) is 1. The second kappa shape index (κ2) is 6.31. The third kappa shape index (κ3) is 2.95. The quantitative estimate of drug-likeness (QED) is 0.919. The Morgan fingerprint density at radius 3 is 2.52 bits per heavy atom. The van der Waals surface area contributed by atoms with Crippen molar-refractivity contribution < 1.29 is 4.74 Å². The van der Waals surface area contributed by atoms with E-state index in [0.29, 0.717) is 0 Å². The molecule has 21 heavy (non-hydrogen) atoms. The Morgan fingerprint density at radius 1 is 1.24 bits per heavy atom. The average molecular weight is 287 g/mol. The van der Waals surface area contributed by atoms with Crippen molar-refractivity contribution in [1.29, 1.82) is 0 Å². The molecule has 2 rings (SSSR count). The molecular weight excluding hydrogens is 262 g/mol. The van der Waals surface area contributed by atoms with E-state index in [1.165, 1.54) is 5.56 Å². The van der Waals surface area contributed by atoms with Crippen LogP contribution in [0.25, 0.3) is 0 Å². The highest BCUT2D eigenvalue weighted by atomic mass is 16.5. The van der Waals surface area contributed by atoms with E-state index < -0.39 is 0 Å². The first-order valence-corrected chi connectivity index (χ1v) is 7.49. The molecule has 114 valence electrons. The van der Waals surface area contributed by atoms with Gasteiger partial charge in [0.15, 0.2) is 0 Å². The van der Waals surface area contributed by atoms with Crippen molar-refractivity contribution >= 4 is 0 Å². The number of aryl methyl sites for hydroxylation is 4. The molecule has 1 aromatic carbocycles. The first kappa shape index (κ1) is 15.6. The first-order chi connectivity index (χ1) is 10.0. The van der Waals surface area contributed by atoms with Crippen molar-refractivity contribution in [3.63, 3.8) is 0 Å². The molecule has 1 unspecified atom stereocenters. The zero-order valence-electron chi connectivity index (χ0n) is 13.6. The number of rotatable bonds is 5. The monoisotopic (exact) mass is 287 g/mol. The van der Waals surface area contributed by atoms with Crippen molar-refractivity contribution in [1.82, 2.24) is 9.78 Å². The summed E-state index contributed by atoms with van der Waals surface area (Å²) in [6.07, 6.45) is 0.913. The number of methoxy groups -OCH3 is 1. The average Bonchev–Trinajstić information content (AvgIpc) is 2.89.